The number of nitrogens with zero attached hydrogens (tertiary/aromatic N) is 1. The summed E-state index contributed by atoms with van der Waals surface area (Å²) in [5.74, 6) is -1.99. The lowest BCUT2D eigenvalue weighted by Gasteiger charge is -2.08. The first-order valence-electron chi connectivity index (χ1n) is 9.20. The summed E-state index contributed by atoms with van der Waals surface area (Å²) in [6.07, 6.45) is 0.620. The number of rotatable bonds is 6. The summed E-state index contributed by atoms with van der Waals surface area (Å²) in [6, 6.07) is 7.75. The minimum atomic E-state index is -0.634. The first-order valence-corrected chi connectivity index (χ1v) is 9.20. The van der Waals surface area contributed by atoms with Gasteiger partial charge in [-0.05, 0) is 49.2 Å². The van der Waals surface area contributed by atoms with Gasteiger partial charge in [-0.25, -0.2) is 8.78 Å². The molecule has 152 valence electrons. The molecule has 29 heavy (non-hydrogen) atoms. The minimum Gasteiger partial charge on any atom is -0.494 e. The van der Waals surface area contributed by atoms with Crippen LogP contribution < -0.4 is 4.74 Å². The number of fused-ring (bicyclic) bond motifs is 1. The molecule has 0 saturated heterocycles. The minimum absolute atomic E-state index is 0.00653. The smallest absolute Gasteiger partial charge is 0.310 e. The molecular weight excluding hydrogens is 380 g/mol. The molecule has 0 aliphatic heterocycles. The number of carbonyl (C=O) groups is 2. The zero-order valence-electron chi connectivity index (χ0n) is 16.4. The van der Waals surface area contributed by atoms with Crippen molar-refractivity contribution in [1.29, 1.82) is 0 Å². The number of halogens is 2. The Bertz CT molecular complexity index is 1070. The molecule has 1 heterocycles. The molecule has 0 radical (unpaired) electrons. The molecule has 0 saturated carbocycles. The normalized spacial score (nSPS) is 10.9. The molecule has 0 spiro atoms. The SMILES string of the molecule is CCCOC(=O)Cc1c(C)n(C(=O)c2ccc(F)cc2)c2cc(F)c(OC)cc12. The van der Waals surface area contributed by atoms with Gasteiger partial charge in [0.15, 0.2) is 11.6 Å². The van der Waals surface area contributed by atoms with E-state index in [2.05, 4.69) is 0 Å². The van der Waals surface area contributed by atoms with E-state index in [0.29, 0.717) is 35.2 Å². The maximum absolute atomic E-state index is 14.4. The predicted molar refractivity (Wildman–Crippen MR) is 104 cm³/mol. The molecule has 0 N–H and O–H groups in total. The van der Waals surface area contributed by atoms with Gasteiger partial charge in [-0.15, -0.1) is 0 Å². The number of esters is 1. The Balaban J connectivity index is 2.17. The zero-order valence-corrected chi connectivity index (χ0v) is 16.4. The van der Waals surface area contributed by atoms with Crippen molar-refractivity contribution >= 4 is 22.8 Å². The fourth-order valence-electron chi connectivity index (χ4n) is 3.25. The highest BCUT2D eigenvalue weighted by atomic mass is 19.1. The number of benzene rings is 2. The first-order chi connectivity index (χ1) is 13.9. The third-order valence-corrected chi connectivity index (χ3v) is 4.69. The molecule has 0 atom stereocenters. The number of ether oxygens (including phenoxy) is 2. The fraction of sp³-hybridized carbons (Fsp3) is 0.273. The Morgan fingerprint density at radius 2 is 1.79 bits per heavy atom. The number of hydrogen-bond donors (Lipinski definition) is 0. The molecule has 0 unspecified atom stereocenters. The number of aromatic nitrogens is 1. The topological polar surface area (TPSA) is 57.5 Å². The van der Waals surface area contributed by atoms with E-state index in [9.17, 15) is 18.4 Å². The molecule has 0 aliphatic carbocycles. The van der Waals surface area contributed by atoms with Gasteiger partial charge in [0.2, 0.25) is 0 Å². The van der Waals surface area contributed by atoms with Crippen molar-refractivity contribution in [3.63, 3.8) is 0 Å². The van der Waals surface area contributed by atoms with Crippen LogP contribution in [-0.2, 0) is 16.0 Å². The summed E-state index contributed by atoms with van der Waals surface area (Å²) in [6.45, 7) is 3.86. The summed E-state index contributed by atoms with van der Waals surface area (Å²) >= 11 is 0. The van der Waals surface area contributed by atoms with Crippen molar-refractivity contribution in [2.45, 2.75) is 26.7 Å². The highest BCUT2D eigenvalue weighted by Crippen LogP contribution is 2.32. The summed E-state index contributed by atoms with van der Waals surface area (Å²) in [4.78, 5) is 25.3. The molecule has 0 fully saturated rings. The van der Waals surface area contributed by atoms with Crippen LogP contribution in [0.2, 0.25) is 0 Å². The second kappa shape index (κ2) is 8.43. The van der Waals surface area contributed by atoms with E-state index >= 15 is 0 Å². The van der Waals surface area contributed by atoms with Gasteiger partial charge in [0.05, 0.1) is 25.7 Å². The summed E-state index contributed by atoms with van der Waals surface area (Å²) in [5, 5.41) is 0.518. The zero-order chi connectivity index (χ0) is 21.1. The van der Waals surface area contributed by atoms with Gasteiger partial charge in [-0.3, -0.25) is 14.2 Å². The second-order valence-corrected chi connectivity index (χ2v) is 6.61. The van der Waals surface area contributed by atoms with Gasteiger partial charge in [-0.1, -0.05) is 6.92 Å². The molecule has 3 rings (SSSR count). The molecule has 0 bridgehead atoms. The van der Waals surface area contributed by atoms with Crippen LogP contribution in [0.4, 0.5) is 8.78 Å². The highest BCUT2D eigenvalue weighted by molar-refractivity contribution is 6.05. The lowest BCUT2D eigenvalue weighted by molar-refractivity contribution is -0.142. The van der Waals surface area contributed by atoms with E-state index in [0.717, 1.165) is 0 Å². The Kier molecular flexibility index (Phi) is 5.96. The van der Waals surface area contributed by atoms with Crippen LogP contribution in [0, 0.1) is 18.6 Å². The largest absolute Gasteiger partial charge is 0.494 e. The van der Waals surface area contributed by atoms with Gasteiger partial charge in [0.1, 0.15) is 5.82 Å². The molecule has 0 amide bonds. The van der Waals surface area contributed by atoms with Crippen molar-refractivity contribution in [3.05, 3.63) is 64.9 Å². The van der Waals surface area contributed by atoms with Crippen molar-refractivity contribution < 1.29 is 27.8 Å². The third kappa shape index (κ3) is 3.99. The van der Waals surface area contributed by atoms with Crippen LogP contribution in [0.15, 0.2) is 36.4 Å². The van der Waals surface area contributed by atoms with Gasteiger partial charge < -0.3 is 9.47 Å². The van der Waals surface area contributed by atoms with E-state index < -0.39 is 23.5 Å². The van der Waals surface area contributed by atoms with E-state index in [1.165, 1.54) is 48.1 Å². The molecular formula is C22H21F2NO4. The molecule has 7 heteroatoms. The fourth-order valence-corrected chi connectivity index (χ4v) is 3.25. The standard InChI is InChI=1S/C22H21F2NO4/c1-4-9-29-21(26)11-16-13(2)25(22(27)14-5-7-15(23)8-6-14)19-12-18(24)20(28-3)10-17(16)19/h5-8,10,12H,4,9,11H2,1-3H3. The van der Waals surface area contributed by atoms with Crippen LogP contribution >= 0.6 is 0 Å². The lowest BCUT2D eigenvalue weighted by atomic mass is 10.1. The maximum atomic E-state index is 14.4. The third-order valence-electron chi connectivity index (χ3n) is 4.69. The van der Waals surface area contributed by atoms with Crippen LogP contribution in [-0.4, -0.2) is 30.2 Å². The van der Waals surface area contributed by atoms with Crippen LogP contribution in [0.25, 0.3) is 10.9 Å². The van der Waals surface area contributed by atoms with E-state index in [-0.39, 0.29) is 17.7 Å². The average Bonchev–Trinajstić information content (AvgIpc) is 2.96. The molecule has 3 aromatic rings. The number of methoxy groups -OCH3 is 1. The van der Waals surface area contributed by atoms with E-state index in [1.807, 2.05) is 6.92 Å². The highest BCUT2D eigenvalue weighted by Gasteiger charge is 2.23. The Hall–Kier alpha value is -3.22. The van der Waals surface area contributed by atoms with E-state index in [1.54, 1.807) is 6.92 Å². The molecule has 2 aromatic carbocycles. The van der Waals surface area contributed by atoms with E-state index in [4.69, 9.17) is 9.47 Å². The van der Waals surface area contributed by atoms with Crippen molar-refractivity contribution in [3.8, 4) is 5.75 Å². The van der Waals surface area contributed by atoms with Crippen molar-refractivity contribution in [2.75, 3.05) is 13.7 Å². The molecule has 1 aromatic heterocycles. The molecule has 5 nitrogen and oxygen atoms in total. The Morgan fingerprint density at radius 3 is 2.41 bits per heavy atom. The van der Waals surface area contributed by atoms with Gasteiger partial charge in [-0.2, -0.15) is 0 Å². The van der Waals surface area contributed by atoms with Gasteiger partial charge >= 0.3 is 5.97 Å². The lowest BCUT2D eigenvalue weighted by Crippen LogP contribution is -2.15. The quantitative estimate of drug-likeness (QED) is 0.574. The first kappa shape index (κ1) is 20.5. The van der Waals surface area contributed by atoms with Crippen LogP contribution in [0.5, 0.6) is 5.75 Å². The number of hydrogen-bond acceptors (Lipinski definition) is 4. The average molecular weight is 401 g/mol. The van der Waals surface area contributed by atoms with Gasteiger partial charge in [0, 0.05) is 22.7 Å². The summed E-state index contributed by atoms with van der Waals surface area (Å²) < 4.78 is 39.2. The summed E-state index contributed by atoms with van der Waals surface area (Å²) in [5.41, 5.74) is 1.57. The Morgan fingerprint density at radius 1 is 1.10 bits per heavy atom. The Labute approximate surface area is 166 Å². The van der Waals surface area contributed by atoms with Gasteiger partial charge in [0.25, 0.3) is 5.91 Å². The van der Waals surface area contributed by atoms with Crippen molar-refractivity contribution in [1.82, 2.24) is 4.57 Å². The summed E-state index contributed by atoms with van der Waals surface area (Å²) in [7, 11) is 1.34. The second-order valence-electron chi connectivity index (χ2n) is 6.61. The predicted octanol–water partition coefficient (Wildman–Crippen LogP) is 4.42. The molecule has 0 aliphatic rings. The van der Waals surface area contributed by atoms with Crippen LogP contribution in [0.1, 0.15) is 35.0 Å². The van der Waals surface area contributed by atoms with Crippen molar-refractivity contribution in [2.24, 2.45) is 0 Å². The monoisotopic (exact) mass is 401 g/mol. The van der Waals surface area contributed by atoms with Crippen LogP contribution in [0.3, 0.4) is 0 Å². The maximum Gasteiger partial charge on any atom is 0.310 e. The number of carbonyl (C=O) groups excluding carboxylic acids is 2.